The molecule has 8 nitrogen and oxygen atoms in total. The molecule has 1 aromatic carbocycles. The molecule has 2 aromatic rings. The molecule has 1 unspecified atom stereocenters. The molecule has 1 aliphatic heterocycles. The van der Waals surface area contributed by atoms with Crippen molar-refractivity contribution < 1.29 is 19.0 Å². The van der Waals surface area contributed by atoms with Gasteiger partial charge in [0.1, 0.15) is 23.2 Å². The van der Waals surface area contributed by atoms with E-state index >= 15 is 0 Å². The average molecular weight is 380 g/mol. The Kier molecular flexibility index (Phi) is 5.36. The van der Waals surface area contributed by atoms with Gasteiger partial charge in [0.25, 0.3) is 0 Å². The van der Waals surface area contributed by atoms with Gasteiger partial charge in [-0.05, 0) is 43.7 Å². The maximum atomic E-state index is 12.7. The summed E-state index contributed by atoms with van der Waals surface area (Å²) < 4.78 is 17.7. The van der Waals surface area contributed by atoms with E-state index in [-0.39, 0.29) is 29.4 Å². The summed E-state index contributed by atoms with van der Waals surface area (Å²) >= 11 is 0. The third-order valence-corrected chi connectivity index (χ3v) is 4.40. The molecule has 2 N–H and O–H groups in total. The number of carbonyl (C=O) groups is 1. The SMILES string of the molecule is CCOC(=O)C1=C(C)OC(N)=C(C#N)C1c1cc(OC)ccc1-n1cccn1. The lowest BCUT2D eigenvalue weighted by Crippen LogP contribution is -2.26. The van der Waals surface area contributed by atoms with Gasteiger partial charge >= 0.3 is 5.97 Å². The van der Waals surface area contributed by atoms with Gasteiger partial charge in [0.15, 0.2) is 0 Å². The molecule has 1 aromatic heterocycles. The number of benzene rings is 1. The zero-order valence-electron chi connectivity index (χ0n) is 15.8. The van der Waals surface area contributed by atoms with Crippen molar-refractivity contribution in [3.63, 3.8) is 0 Å². The number of ether oxygens (including phenoxy) is 3. The number of esters is 1. The van der Waals surface area contributed by atoms with E-state index in [9.17, 15) is 10.1 Å². The summed E-state index contributed by atoms with van der Waals surface area (Å²) in [5.41, 5.74) is 7.61. The van der Waals surface area contributed by atoms with Gasteiger partial charge in [-0.25, -0.2) is 9.48 Å². The summed E-state index contributed by atoms with van der Waals surface area (Å²) in [6.45, 7) is 3.52. The van der Waals surface area contributed by atoms with Gasteiger partial charge < -0.3 is 19.9 Å². The van der Waals surface area contributed by atoms with Gasteiger partial charge in [-0.15, -0.1) is 0 Å². The van der Waals surface area contributed by atoms with Crippen LogP contribution in [0.3, 0.4) is 0 Å². The lowest BCUT2D eigenvalue weighted by atomic mass is 9.82. The molecule has 0 radical (unpaired) electrons. The van der Waals surface area contributed by atoms with Gasteiger partial charge in [-0.2, -0.15) is 10.4 Å². The maximum absolute atomic E-state index is 12.7. The van der Waals surface area contributed by atoms with Crippen molar-refractivity contribution in [2.24, 2.45) is 5.73 Å². The van der Waals surface area contributed by atoms with Crippen LogP contribution in [0.2, 0.25) is 0 Å². The lowest BCUT2D eigenvalue weighted by Gasteiger charge is -2.28. The van der Waals surface area contributed by atoms with Crippen LogP contribution in [0.5, 0.6) is 5.75 Å². The van der Waals surface area contributed by atoms with E-state index < -0.39 is 11.9 Å². The number of methoxy groups -OCH3 is 1. The molecule has 0 aliphatic carbocycles. The minimum atomic E-state index is -0.785. The van der Waals surface area contributed by atoms with Crippen LogP contribution in [0.1, 0.15) is 25.3 Å². The fourth-order valence-electron chi connectivity index (χ4n) is 3.18. The molecule has 8 heteroatoms. The van der Waals surface area contributed by atoms with Crippen LogP contribution in [0.25, 0.3) is 5.69 Å². The molecule has 0 amide bonds. The molecular formula is C20H20N4O4. The van der Waals surface area contributed by atoms with Crippen LogP contribution >= 0.6 is 0 Å². The third-order valence-electron chi connectivity index (χ3n) is 4.40. The lowest BCUT2D eigenvalue weighted by molar-refractivity contribution is -0.139. The van der Waals surface area contributed by atoms with Crippen molar-refractivity contribution in [1.82, 2.24) is 9.78 Å². The number of nitrogens with zero attached hydrogens (tertiary/aromatic N) is 3. The number of nitriles is 1. The van der Waals surface area contributed by atoms with Crippen molar-refractivity contribution >= 4 is 5.97 Å². The number of hydrogen-bond acceptors (Lipinski definition) is 7. The van der Waals surface area contributed by atoms with Crippen LogP contribution in [-0.2, 0) is 14.3 Å². The molecule has 1 aliphatic rings. The van der Waals surface area contributed by atoms with Crippen LogP contribution in [0, 0.1) is 11.3 Å². The predicted molar refractivity (Wildman–Crippen MR) is 100 cm³/mol. The Morgan fingerprint density at radius 2 is 2.25 bits per heavy atom. The highest BCUT2D eigenvalue weighted by atomic mass is 16.5. The smallest absolute Gasteiger partial charge is 0.338 e. The summed E-state index contributed by atoms with van der Waals surface area (Å²) in [5.74, 6) is -0.554. The van der Waals surface area contributed by atoms with Crippen molar-refractivity contribution in [2.75, 3.05) is 13.7 Å². The second-order valence-electron chi connectivity index (χ2n) is 5.99. The molecule has 1 atom stereocenters. The van der Waals surface area contributed by atoms with Gasteiger partial charge in [0.05, 0.1) is 30.9 Å². The van der Waals surface area contributed by atoms with E-state index in [1.807, 2.05) is 0 Å². The molecule has 28 heavy (non-hydrogen) atoms. The Labute approximate surface area is 162 Å². The van der Waals surface area contributed by atoms with Crippen molar-refractivity contribution in [3.8, 4) is 17.5 Å². The monoisotopic (exact) mass is 380 g/mol. The van der Waals surface area contributed by atoms with E-state index in [4.69, 9.17) is 19.9 Å². The standard InChI is InChI=1S/C20H20N4O4/c1-4-27-20(25)17-12(2)28-19(22)15(11-21)18(17)14-10-13(26-3)6-7-16(14)24-9-5-8-23-24/h5-10,18H,4,22H2,1-3H3. The molecular weight excluding hydrogens is 360 g/mol. The summed E-state index contributed by atoms with van der Waals surface area (Å²) in [6.07, 6.45) is 3.41. The van der Waals surface area contributed by atoms with E-state index in [1.165, 1.54) is 0 Å². The Morgan fingerprint density at radius 1 is 1.46 bits per heavy atom. The zero-order valence-corrected chi connectivity index (χ0v) is 15.8. The van der Waals surface area contributed by atoms with Crippen molar-refractivity contribution in [1.29, 1.82) is 5.26 Å². The number of carbonyl (C=O) groups excluding carboxylic acids is 1. The molecule has 0 fully saturated rings. The predicted octanol–water partition coefficient (Wildman–Crippen LogP) is 2.53. The Hall–Kier alpha value is -3.73. The van der Waals surface area contributed by atoms with Gasteiger partial charge in [0.2, 0.25) is 5.88 Å². The molecule has 0 bridgehead atoms. The van der Waals surface area contributed by atoms with E-state index in [0.29, 0.717) is 17.0 Å². The molecule has 3 rings (SSSR count). The van der Waals surface area contributed by atoms with Crippen LogP contribution in [0.15, 0.2) is 59.4 Å². The summed E-state index contributed by atoms with van der Waals surface area (Å²) in [5, 5.41) is 14.0. The second-order valence-corrected chi connectivity index (χ2v) is 5.99. The first-order chi connectivity index (χ1) is 13.5. The van der Waals surface area contributed by atoms with Crippen LogP contribution < -0.4 is 10.5 Å². The van der Waals surface area contributed by atoms with E-state index in [0.717, 1.165) is 0 Å². The first-order valence-corrected chi connectivity index (χ1v) is 8.65. The second kappa shape index (κ2) is 7.88. The first kappa shape index (κ1) is 19.0. The molecule has 0 saturated carbocycles. The van der Waals surface area contributed by atoms with Gasteiger partial charge in [-0.1, -0.05) is 0 Å². The molecule has 144 valence electrons. The van der Waals surface area contributed by atoms with Crippen molar-refractivity contribution in [2.45, 2.75) is 19.8 Å². The van der Waals surface area contributed by atoms with E-state index in [2.05, 4.69) is 11.2 Å². The number of aromatic nitrogens is 2. The number of rotatable bonds is 5. The van der Waals surface area contributed by atoms with Crippen LogP contribution in [0.4, 0.5) is 0 Å². The van der Waals surface area contributed by atoms with Crippen LogP contribution in [-0.4, -0.2) is 29.5 Å². The molecule has 0 spiro atoms. The minimum absolute atomic E-state index is 0.0488. The quantitative estimate of drug-likeness (QED) is 0.793. The Bertz CT molecular complexity index is 1000. The third kappa shape index (κ3) is 3.30. The largest absolute Gasteiger partial charge is 0.497 e. The van der Waals surface area contributed by atoms with Crippen molar-refractivity contribution in [3.05, 3.63) is 65.0 Å². The highest BCUT2D eigenvalue weighted by molar-refractivity contribution is 5.93. The van der Waals surface area contributed by atoms with Gasteiger partial charge in [-0.3, -0.25) is 0 Å². The zero-order chi connectivity index (χ0) is 20.3. The minimum Gasteiger partial charge on any atom is -0.497 e. The maximum Gasteiger partial charge on any atom is 0.338 e. The highest BCUT2D eigenvalue weighted by Crippen LogP contribution is 2.42. The summed E-state index contributed by atoms with van der Waals surface area (Å²) in [6, 6.07) is 9.19. The molecule has 0 saturated heterocycles. The number of nitrogens with two attached hydrogens (primary N) is 1. The normalized spacial score (nSPS) is 16.4. The Balaban J connectivity index is 2.29. The van der Waals surface area contributed by atoms with Gasteiger partial charge in [0, 0.05) is 12.4 Å². The average Bonchev–Trinajstić information content (AvgIpc) is 3.21. The first-order valence-electron chi connectivity index (χ1n) is 8.65. The summed E-state index contributed by atoms with van der Waals surface area (Å²) in [7, 11) is 1.54. The molecule has 2 heterocycles. The fourth-order valence-corrected chi connectivity index (χ4v) is 3.18. The summed E-state index contributed by atoms with van der Waals surface area (Å²) in [4.78, 5) is 12.7. The van der Waals surface area contributed by atoms with E-state index in [1.54, 1.807) is 62.3 Å². The number of hydrogen-bond donors (Lipinski definition) is 1. The number of allylic oxidation sites excluding steroid dienone is 2. The Morgan fingerprint density at radius 3 is 2.86 bits per heavy atom. The highest BCUT2D eigenvalue weighted by Gasteiger charge is 2.38. The fraction of sp³-hybridized carbons (Fsp3) is 0.250. The topological polar surface area (TPSA) is 112 Å².